The van der Waals surface area contributed by atoms with Crippen LogP contribution in [0.5, 0.6) is 0 Å². The van der Waals surface area contributed by atoms with E-state index in [1.165, 1.54) is 12.4 Å². The van der Waals surface area contributed by atoms with Gasteiger partial charge in [-0.05, 0) is 24.6 Å². The van der Waals surface area contributed by atoms with Crippen LogP contribution in [0, 0.1) is 11.2 Å². The molecule has 1 saturated heterocycles. The van der Waals surface area contributed by atoms with E-state index in [-0.39, 0.29) is 27.9 Å². The van der Waals surface area contributed by atoms with Crippen LogP contribution in [0.4, 0.5) is 15.8 Å². The van der Waals surface area contributed by atoms with Crippen LogP contribution >= 0.6 is 0 Å². The quantitative estimate of drug-likeness (QED) is 0.301. The van der Waals surface area contributed by atoms with Gasteiger partial charge in [0.05, 0.1) is 23.0 Å². The Balaban J connectivity index is 1.36. The largest absolute Gasteiger partial charge is 0.367 e. The highest BCUT2D eigenvalue weighted by molar-refractivity contribution is 5.96. The van der Waals surface area contributed by atoms with E-state index in [9.17, 15) is 4.79 Å². The zero-order valence-electron chi connectivity index (χ0n) is 22.9. The maximum absolute atomic E-state index is 16.1. The summed E-state index contributed by atoms with van der Waals surface area (Å²) in [5.74, 6) is -0.223. The molecule has 0 unspecified atom stereocenters. The van der Waals surface area contributed by atoms with Crippen molar-refractivity contribution >= 4 is 39.5 Å². The molecule has 206 valence electrons. The lowest BCUT2D eigenvalue weighted by atomic mass is 9.92. The summed E-state index contributed by atoms with van der Waals surface area (Å²) in [7, 11) is 2.11. The zero-order valence-corrected chi connectivity index (χ0v) is 22.9. The molecule has 6 rings (SSSR count). The maximum atomic E-state index is 16.1. The van der Waals surface area contributed by atoms with Crippen molar-refractivity contribution in [1.82, 2.24) is 40.0 Å². The molecule has 0 bridgehead atoms. The number of likely N-dealkylation sites (N-methyl/N-ethyl adjacent to an activating group) is 1. The number of H-pyrrole nitrogens is 2. The standard InChI is InChI=1S/C28H31FN10O/c1-28(2,3)12-20(40)33-17-11-16(13-30-14-17)18-15-32-25-21(22(18)29)24(36-37-25)27-34-23-19(5-6-31-26(23)35-27)39-9-7-38(4)8-10-39/h5-6,11,13-15H,7-10,12H2,1-4H3,(H,33,40)(H,31,34,35)(H,32,36,37). The monoisotopic (exact) mass is 542 g/mol. The molecular weight excluding hydrogens is 511 g/mol. The molecule has 0 spiro atoms. The van der Waals surface area contributed by atoms with Crippen molar-refractivity contribution in [3.63, 3.8) is 0 Å². The summed E-state index contributed by atoms with van der Waals surface area (Å²) in [5.41, 5.74) is 4.00. The number of carbonyl (C=O) groups is 1. The molecule has 0 saturated carbocycles. The first kappa shape index (κ1) is 25.8. The number of nitrogens with one attached hydrogen (secondary N) is 3. The summed E-state index contributed by atoms with van der Waals surface area (Å²) in [6.07, 6.45) is 6.59. The van der Waals surface area contributed by atoms with Crippen LogP contribution in [0.25, 0.3) is 44.8 Å². The van der Waals surface area contributed by atoms with E-state index < -0.39 is 5.82 Å². The summed E-state index contributed by atoms with van der Waals surface area (Å²) in [6, 6.07) is 3.66. The van der Waals surface area contributed by atoms with Gasteiger partial charge in [0.1, 0.15) is 17.0 Å². The molecule has 5 aromatic heterocycles. The predicted octanol–water partition coefficient (Wildman–Crippen LogP) is 4.22. The van der Waals surface area contributed by atoms with Crippen molar-refractivity contribution in [2.24, 2.45) is 5.41 Å². The van der Waals surface area contributed by atoms with Crippen molar-refractivity contribution < 1.29 is 9.18 Å². The molecule has 1 aliphatic heterocycles. The van der Waals surface area contributed by atoms with Gasteiger partial charge in [0, 0.05) is 62.3 Å². The van der Waals surface area contributed by atoms with E-state index in [2.05, 4.69) is 57.3 Å². The fraction of sp³-hybridized carbons (Fsp3) is 0.357. The molecule has 0 aromatic carbocycles. The van der Waals surface area contributed by atoms with Crippen LogP contribution in [-0.2, 0) is 4.79 Å². The second kappa shape index (κ2) is 9.94. The Labute approximate surface area is 230 Å². The Bertz CT molecular complexity index is 1710. The molecule has 6 heterocycles. The van der Waals surface area contributed by atoms with Gasteiger partial charge in [-0.15, -0.1) is 0 Å². The Morgan fingerprint density at radius 3 is 2.67 bits per heavy atom. The number of rotatable bonds is 5. The third-order valence-electron chi connectivity index (χ3n) is 6.99. The van der Waals surface area contributed by atoms with Crippen molar-refractivity contribution in [3.05, 3.63) is 42.7 Å². The van der Waals surface area contributed by atoms with Crippen LogP contribution in [-0.4, -0.2) is 79.2 Å². The first-order valence-corrected chi connectivity index (χ1v) is 13.2. The number of carbonyl (C=O) groups excluding carboxylic acids is 1. The van der Waals surface area contributed by atoms with Gasteiger partial charge in [-0.3, -0.25) is 14.9 Å². The lowest BCUT2D eigenvalue weighted by Crippen LogP contribution is -2.44. The van der Waals surface area contributed by atoms with Crippen molar-refractivity contribution in [2.75, 3.05) is 43.4 Å². The molecule has 1 fully saturated rings. The van der Waals surface area contributed by atoms with E-state index in [0.29, 0.717) is 34.8 Å². The summed E-state index contributed by atoms with van der Waals surface area (Å²) in [5, 5.41) is 10.2. The number of anilines is 2. The number of nitrogens with zero attached hydrogens (tertiary/aromatic N) is 7. The minimum atomic E-state index is -0.513. The highest BCUT2D eigenvalue weighted by Gasteiger charge is 2.23. The van der Waals surface area contributed by atoms with E-state index in [4.69, 9.17) is 0 Å². The highest BCUT2D eigenvalue weighted by atomic mass is 19.1. The molecule has 1 aliphatic rings. The topological polar surface area (TPSA) is 132 Å². The van der Waals surface area contributed by atoms with Crippen LogP contribution < -0.4 is 10.2 Å². The van der Waals surface area contributed by atoms with Crippen LogP contribution in [0.3, 0.4) is 0 Å². The number of halogens is 1. The van der Waals surface area contributed by atoms with Gasteiger partial charge in [0.15, 0.2) is 17.1 Å². The van der Waals surface area contributed by atoms with Crippen LogP contribution in [0.1, 0.15) is 27.2 Å². The van der Waals surface area contributed by atoms with Gasteiger partial charge in [-0.25, -0.2) is 19.3 Å². The fourth-order valence-corrected chi connectivity index (χ4v) is 4.99. The van der Waals surface area contributed by atoms with Gasteiger partial charge in [0.25, 0.3) is 0 Å². The summed E-state index contributed by atoms with van der Waals surface area (Å²) in [6.45, 7) is 9.69. The molecule has 11 nitrogen and oxygen atoms in total. The van der Waals surface area contributed by atoms with Crippen molar-refractivity contribution in [3.8, 4) is 22.6 Å². The molecule has 0 aliphatic carbocycles. The number of pyridine rings is 3. The first-order valence-electron chi connectivity index (χ1n) is 13.2. The average Bonchev–Trinajstić information content (AvgIpc) is 3.53. The third-order valence-corrected chi connectivity index (χ3v) is 6.99. The second-order valence-electron chi connectivity index (χ2n) is 11.4. The van der Waals surface area contributed by atoms with Crippen LogP contribution in [0.2, 0.25) is 0 Å². The molecule has 1 amide bonds. The van der Waals surface area contributed by atoms with E-state index in [1.54, 1.807) is 18.5 Å². The lowest BCUT2D eigenvalue weighted by Gasteiger charge is -2.34. The normalized spacial score (nSPS) is 14.8. The number of fused-ring (bicyclic) bond motifs is 2. The smallest absolute Gasteiger partial charge is 0.224 e. The molecule has 40 heavy (non-hydrogen) atoms. The lowest BCUT2D eigenvalue weighted by molar-refractivity contribution is -0.117. The van der Waals surface area contributed by atoms with E-state index >= 15 is 4.39 Å². The minimum absolute atomic E-state index is 0.132. The molecule has 0 atom stereocenters. The van der Waals surface area contributed by atoms with Gasteiger partial charge >= 0.3 is 0 Å². The Kier molecular flexibility index (Phi) is 6.41. The molecule has 12 heteroatoms. The van der Waals surface area contributed by atoms with E-state index in [0.717, 1.165) is 37.4 Å². The molecular formula is C28H31FN10O. The SMILES string of the molecule is CN1CCN(c2ccnc3nc(-c4[nH]nc5ncc(-c6cncc(NC(=O)CC(C)(C)C)c6)c(F)c45)[nH]c23)CC1. The Morgan fingerprint density at radius 1 is 1.10 bits per heavy atom. The molecule has 0 radical (unpaired) electrons. The molecule has 5 aromatic rings. The zero-order chi connectivity index (χ0) is 28.0. The van der Waals surface area contributed by atoms with Gasteiger partial charge < -0.3 is 20.1 Å². The van der Waals surface area contributed by atoms with Crippen molar-refractivity contribution in [1.29, 1.82) is 0 Å². The third kappa shape index (κ3) is 4.97. The predicted molar refractivity (Wildman–Crippen MR) is 152 cm³/mol. The highest BCUT2D eigenvalue weighted by Crippen LogP contribution is 2.34. The number of amides is 1. The number of piperazine rings is 1. The number of hydrogen-bond donors (Lipinski definition) is 3. The fourth-order valence-electron chi connectivity index (χ4n) is 4.99. The van der Waals surface area contributed by atoms with Gasteiger partial charge in [0.2, 0.25) is 5.91 Å². The van der Waals surface area contributed by atoms with Crippen LogP contribution in [0.15, 0.2) is 36.9 Å². The average molecular weight is 543 g/mol. The Morgan fingerprint density at radius 2 is 1.90 bits per heavy atom. The number of aromatic nitrogens is 7. The van der Waals surface area contributed by atoms with E-state index in [1.807, 2.05) is 26.8 Å². The summed E-state index contributed by atoms with van der Waals surface area (Å²) >= 11 is 0. The summed E-state index contributed by atoms with van der Waals surface area (Å²) in [4.78, 5) is 38.1. The maximum Gasteiger partial charge on any atom is 0.224 e. The van der Waals surface area contributed by atoms with Crippen molar-refractivity contribution in [2.45, 2.75) is 27.2 Å². The summed E-state index contributed by atoms with van der Waals surface area (Å²) < 4.78 is 16.1. The number of hydrogen-bond acceptors (Lipinski definition) is 8. The molecule has 3 N–H and O–H groups in total. The second-order valence-corrected chi connectivity index (χ2v) is 11.4. The van der Waals surface area contributed by atoms with Gasteiger partial charge in [-0.1, -0.05) is 20.8 Å². The minimum Gasteiger partial charge on any atom is -0.367 e. The number of imidazole rings is 1. The van der Waals surface area contributed by atoms with Gasteiger partial charge in [-0.2, -0.15) is 5.10 Å². The Hall–Kier alpha value is -4.45. The first-order chi connectivity index (χ1) is 19.2. The number of aromatic amines is 2.